The summed E-state index contributed by atoms with van der Waals surface area (Å²) in [4.78, 5) is 15.3. The van der Waals surface area contributed by atoms with E-state index >= 15 is 0 Å². The maximum absolute atomic E-state index is 13.2. The summed E-state index contributed by atoms with van der Waals surface area (Å²) in [5.74, 6) is 0.725. The number of amides is 1. The second-order valence-corrected chi connectivity index (χ2v) is 8.69. The van der Waals surface area contributed by atoms with Crippen molar-refractivity contribution in [1.82, 2.24) is 15.1 Å². The second-order valence-electron chi connectivity index (χ2n) is 8.26. The molecule has 2 fully saturated rings. The molecule has 0 spiro atoms. The van der Waals surface area contributed by atoms with E-state index in [1.54, 1.807) is 18.5 Å². The zero-order chi connectivity index (χ0) is 19.6. The lowest BCUT2D eigenvalue weighted by atomic mass is 9.68. The fraction of sp³-hybridized carbons (Fsp3) is 0.500. The topological polar surface area (TPSA) is 72.1 Å². The van der Waals surface area contributed by atoms with Gasteiger partial charge in [0, 0.05) is 29.6 Å². The molecule has 1 amide bonds. The Morgan fingerprint density at radius 3 is 2.57 bits per heavy atom. The second kappa shape index (κ2) is 8.18. The highest BCUT2D eigenvalue weighted by atomic mass is 35.5. The van der Waals surface area contributed by atoms with Crippen LogP contribution in [0.5, 0.6) is 0 Å². The van der Waals surface area contributed by atoms with Crippen molar-refractivity contribution in [3.8, 4) is 0 Å². The number of carbonyl (C=O) groups excluding carboxylic acids is 1. The molecule has 0 aliphatic heterocycles. The van der Waals surface area contributed by atoms with Crippen LogP contribution in [0.4, 0.5) is 0 Å². The van der Waals surface area contributed by atoms with Gasteiger partial charge in [0.15, 0.2) is 0 Å². The van der Waals surface area contributed by atoms with Gasteiger partial charge < -0.3 is 10.6 Å². The van der Waals surface area contributed by atoms with E-state index in [2.05, 4.69) is 21.2 Å². The molecule has 2 aliphatic carbocycles. The molecule has 2 aromatic rings. The average molecular weight is 399 g/mol. The quantitative estimate of drug-likeness (QED) is 0.802. The molecule has 2 N–H and O–H groups in total. The molecule has 148 valence electrons. The number of halogens is 1. The smallest absolute Gasteiger partial charge is 0.255 e. The first-order chi connectivity index (χ1) is 13.6. The number of rotatable bonds is 6. The third kappa shape index (κ3) is 4.06. The molecule has 1 heterocycles. The van der Waals surface area contributed by atoms with E-state index in [9.17, 15) is 4.79 Å². The van der Waals surface area contributed by atoms with Crippen LogP contribution in [0.25, 0.3) is 0 Å². The predicted molar refractivity (Wildman–Crippen MR) is 110 cm³/mol. The van der Waals surface area contributed by atoms with Crippen molar-refractivity contribution in [3.63, 3.8) is 0 Å². The molecular weight excluding hydrogens is 372 g/mol. The van der Waals surface area contributed by atoms with Crippen molar-refractivity contribution in [3.05, 3.63) is 58.9 Å². The molecule has 0 atom stereocenters. The zero-order valence-corrected chi connectivity index (χ0v) is 16.8. The van der Waals surface area contributed by atoms with Crippen LogP contribution in [0.15, 0.2) is 42.7 Å². The largest absolute Gasteiger partial charge is 0.335 e. The summed E-state index contributed by atoms with van der Waals surface area (Å²) in [6, 6.07) is 10.1. The van der Waals surface area contributed by atoms with Gasteiger partial charge in [-0.1, -0.05) is 23.7 Å². The van der Waals surface area contributed by atoms with Gasteiger partial charge in [-0.05, 0) is 68.2 Å². The monoisotopic (exact) mass is 398 g/mol. The van der Waals surface area contributed by atoms with E-state index in [0.29, 0.717) is 18.0 Å². The van der Waals surface area contributed by atoms with Gasteiger partial charge in [-0.15, -0.1) is 0 Å². The number of hydrogen-bond acceptors (Lipinski definition) is 4. The van der Waals surface area contributed by atoms with Gasteiger partial charge in [-0.25, -0.2) is 0 Å². The lowest BCUT2D eigenvalue weighted by Crippen LogP contribution is -2.48. The van der Waals surface area contributed by atoms with Crippen LogP contribution in [-0.2, 0) is 5.41 Å². The Morgan fingerprint density at radius 2 is 1.96 bits per heavy atom. The first-order valence-electron chi connectivity index (χ1n) is 10.1. The van der Waals surface area contributed by atoms with Gasteiger partial charge in [0.2, 0.25) is 0 Å². The minimum absolute atomic E-state index is 0.0477. The summed E-state index contributed by atoms with van der Waals surface area (Å²) in [5.41, 5.74) is 8.04. The van der Waals surface area contributed by atoms with E-state index in [1.165, 1.54) is 18.4 Å². The van der Waals surface area contributed by atoms with Crippen LogP contribution in [0, 0.1) is 5.92 Å². The Hall–Kier alpha value is -1.98. The van der Waals surface area contributed by atoms with Crippen LogP contribution >= 0.6 is 11.6 Å². The van der Waals surface area contributed by atoms with Crippen LogP contribution in [0.3, 0.4) is 0 Å². The minimum atomic E-state index is -0.0477. The molecule has 2 aliphatic rings. The molecule has 0 bridgehead atoms. The fourth-order valence-corrected chi connectivity index (χ4v) is 4.65. The molecule has 0 radical (unpaired) electrons. The van der Waals surface area contributed by atoms with Crippen LogP contribution < -0.4 is 5.73 Å². The standard InChI is InChI=1S/C22H27ClN4O/c23-19-3-1-2-18(12-19)22(15-24)9-6-20(7-10-22)27(14-16-4-5-16)21(28)17-8-11-25-26-13-17/h1-3,8,11-13,16,20H,4-7,9-10,14-15,24H2. The van der Waals surface area contributed by atoms with Gasteiger partial charge in [-0.3, -0.25) is 4.79 Å². The zero-order valence-electron chi connectivity index (χ0n) is 16.1. The molecule has 2 saturated carbocycles. The summed E-state index contributed by atoms with van der Waals surface area (Å²) in [7, 11) is 0. The summed E-state index contributed by atoms with van der Waals surface area (Å²) in [6.45, 7) is 1.45. The highest BCUT2D eigenvalue weighted by Crippen LogP contribution is 2.42. The SMILES string of the molecule is NCC1(c2cccc(Cl)c2)CCC(N(CC2CC2)C(=O)c2ccnnc2)CC1. The maximum atomic E-state index is 13.2. The fourth-order valence-electron chi connectivity index (χ4n) is 4.46. The molecular formula is C22H27ClN4O. The number of nitrogens with two attached hydrogens (primary N) is 1. The molecule has 1 aromatic heterocycles. The Bertz CT molecular complexity index is 816. The third-order valence-corrected chi connectivity index (χ3v) is 6.66. The number of hydrogen-bond donors (Lipinski definition) is 1. The minimum Gasteiger partial charge on any atom is -0.335 e. The van der Waals surface area contributed by atoms with E-state index < -0.39 is 0 Å². The summed E-state index contributed by atoms with van der Waals surface area (Å²) in [5, 5.41) is 8.44. The molecule has 0 unspecified atom stereocenters. The summed E-state index contributed by atoms with van der Waals surface area (Å²) < 4.78 is 0. The predicted octanol–water partition coefficient (Wildman–Crippen LogP) is 3.82. The van der Waals surface area contributed by atoms with Gasteiger partial charge in [0.05, 0.1) is 18.0 Å². The molecule has 4 rings (SSSR count). The number of nitrogens with zero attached hydrogens (tertiary/aromatic N) is 3. The Labute approximate surface area is 171 Å². The highest BCUT2D eigenvalue weighted by Gasteiger charge is 2.40. The van der Waals surface area contributed by atoms with Crippen molar-refractivity contribution >= 4 is 17.5 Å². The van der Waals surface area contributed by atoms with Crippen LogP contribution in [-0.4, -0.2) is 40.1 Å². The molecule has 1 aromatic carbocycles. The van der Waals surface area contributed by atoms with Gasteiger partial charge >= 0.3 is 0 Å². The maximum Gasteiger partial charge on any atom is 0.255 e. The first-order valence-corrected chi connectivity index (χ1v) is 10.5. The van der Waals surface area contributed by atoms with Crippen LogP contribution in [0.2, 0.25) is 5.02 Å². The summed E-state index contributed by atoms with van der Waals surface area (Å²) >= 11 is 6.23. The molecule has 5 nitrogen and oxygen atoms in total. The number of benzene rings is 1. The Balaban J connectivity index is 1.51. The van der Waals surface area contributed by atoms with Crippen molar-refractivity contribution in [1.29, 1.82) is 0 Å². The van der Waals surface area contributed by atoms with Gasteiger partial charge in [-0.2, -0.15) is 10.2 Å². The highest BCUT2D eigenvalue weighted by molar-refractivity contribution is 6.30. The lowest BCUT2D eigenvalue weighted by Gasteiger charge is -2.43. The number of carbonyl (C=O) groups is 1. The summed E-state index contributed by atoms with van der Waals surface area (Å²) in [6.07, 6.45) is 9.46. The van der Waals surface area contributed by atoms with Gasteiger partial charge in [0.1, 0.15) is 0 Å². The normalized spacial score (nSPS) is 24.7. The van der Waals surface area contributed by atoms with Crippen molar-refractivity contribution in [2.75, 3.05) is 13.1 Å². The molecule has 28 heavy (non-hydrogen) atoms. The van der Waals surface area contributed by atoms with Crippen molar-refractivity contribution in [2.24, 2.45) is 11.7 Å². The molecule has 6 heteroatoms. The van der Waals surface area contributed by atoms with E-state index in [-0.39, 0.29) is 17.4 Å². The number of aromatic nitrogens is 2. The van der Waals surface area contributed by atoms with E-state index in [0.717, 1.165) is 37.3 Å². The van der Waals surface area contributed by atoms with Crippen molar-refractivity contribution < 1.29 is 4.79 Å². The van der Waals surface area contributed by atoms with Gasteiger partial charge in [0.25, 0.3) is 5.91 Å². The van der Waals surface area contributed by atoms with Crippen LogP contribution in [0.1, 0.15) is 54.4 Å². The first kappa shape index (κ1) is 19.3. The van der Waals surface area contributed by atoms with E-state index in [4.69, 9.17) is 17.3 Å². The van der Waals surface area contributed by atoms with E-state index in [1.807, 2.05) is 18.2 Å². The third-order valence-electron chi connectivity index (χ3n) is 6.42. The molecule has 0 saturated heterocycles. The average Bonchev–Trinajstić information content (AvgIpc) is 3.57. The van der Waals surface area contributed by atoms with Crippen molar-refractivity contribution in [2.45, 2.75) is 50.0 Å². The Morgan fingerprint density at radius 1 is 1.18 bits per heavy atom. The Kier molecular flexibility index (Phi) is 5.65. The lowest BCUT2D eigenvalue weighted by molar-refractivity contribution is 0.0581.